The van der Waals surface area contributed by atoms with Gasteiger partial charge < -0.3 is 21.1 Å². The first-order chi connectivity index (χ1) is 6.52. The summed E-state index contributed by atoms with van der Waals surface area (Å²) >= 11 is 0. The maximum Gasteiger partial charge on any atom is 0.305 e. The molecule has 1 aromatic carbocycles. The van der Waals surface area contributed by atoms with Gasteiger partial charge in [0.05, 0.1) is 6.42 Å². The van der Waals surface area contributed by atoms with Crippen molar-refractivity contribution in [1.82, 2.24) is 0 Å². The van der Waals surface area contributed by atoms with E-state index in [-0.39, 0.29) is 23.5 Å². The number of para-hydroxylation sites is 1. The van der Waals surface area contributed by atoms with Crippen molar-refractivity contribution >= 4 is 5.97 Å². The summed E-state index contributed by atoms with van der Waals surface area (Å²) in [6.45, 7) is 0. The van der Waals surface area contributed by atoms with E-state index in [0.717, 1.165) is 0 Å². The normalized spacial score (nSPS) is 12.4. The third-order valence-electron chi connectivity index (χ3n) is 1.84. The van der Waals surface area contributed by atoms with Crippen LogP contribution in [-0.4, -0.2) is 21.3 Å². The first-order valence-electron chi connectivity index (χ1n) is 4.00. The Balaban J connectivity index is 2.95. The van der Waals surface area contributed by atoms with Crippen molar-refractivity contribution in [2.75, 3.05) is 0 Å². The van der Waals surface area contributed by atoms with Crippen LogP contribution in [0, 0.1) is 0 Å². The van der Waals surface area contributed by atoms with E-state index in [0.29, 0.717) is 0 Å². The fourth-order valence-corrected chi connectivity index (χ4v) is 1.15. The van der Waals surface area contributed by atoms with Gasteiger partial charge in [0.2, 0.25) is 0 Å². The average molecular weight is 197 g/mol. The molecule has 1 atom stereocenters. The van der Waals surface area contributed by atoms with Crippen LogP contribution in [0.2, 0.25) is 0 Å². The van der Waals surface area contributed by atoms with Crippen molar-refractivity contribution in [1.29, 1.82) is 0 Å². The Morgan fingerprint density at radius 2 is 2.07 bits per heavy atom. The Bertz CT molecular complexity index is 351. The maximum absolute atomic E-state index is 10.4. The monoisotopic (exact) mass is 197 g/mol. The number of hydrogen-bond acceptors (Lipinski definition) is 4. The fourth-order valence-electron chi connectivity index (χ4n) is 1.15. The predicted molar refractivity (Wildman–Crippen MR) is 49.0 cm³/mol. The molecule has 0 unspecified atom stereocenters. The van der Waals surface area contributed by atoms with Crippen molar-refractivity contribution in [3.63, 3.8) is 0 Å². The molecule has 0 saturated carbocycles. The molecule has 0 amide bonds. The minimum absolute atomic E-state index is 0.229. The highest BCUT2D eigenvalue weighted by atomic mass is 16.4. The number of phenols is 2. The summed E-state index contributed by atoms with van der Waals surface area (Å²) in [5.74, 6) is -1.72. The minimum atomic E-state index is -1.06. The molecule has 76 valence electrons. The van der Waals surface area contributed by atoms with E-state index >= 15 is 0 Å². The van der Waals surface area contributed by atoms with Crippen LogP contribution in [0.3, 0.4) is 0 Å². The Hall–Kier alpha value is -1.75. The lowest BCUT2D eigenvalue weighted by molar-refractivity contribution is -0.137. The van der Waals surface area contributed by atoms with E-state index in [1.165, 1.54) is 18.2 Å². The summed E-state index contributed by atoms with van der Waals surface area (Å²) in [7, 11) is 0. The molecule has 0 aliphatic rings. The molecular formula is C9H11NO4. The number of nitrogens with two attached hydrogens (primary N) is 1. The lowest BCUT2D eigenvalue weighted by Crippen LogP contribution is -2.15. The van der Waals surface area contributed by atoms with E-state index in [1.54, 1.807) is 0 Å². The molecule has 0 aliphatic heterocycles. The van der Waals surface area contributed by atoms with E-state index in [1.807, 2.05) is 0 Å². The van der Waals surface area contributed by atoms with Crippen molar-refractivity contribution in [3.8, 4) is 11.5 Å². The van der Waals surface area contributed by atoms with Gasteiger partial charge in [-0.1, -0.05) is 12.1 Å². The second-order valence-electron chi connectivity index (χ2n) is 2.92. The zero-order valence-electron chi connectivity index (χ0n) is 7.34. The van der Waals surface area contributed by atoms with Crippen molar-refractivity contribution in [3.05, 3.63) is 23.8 Å². The number of aliphatic carboxylic acids is 1. The molecule has 14 heavy (non-hydrogen) atoms. The Labute approximate surface area is 80.4 Å². The van der Waals surface area contributed by atoms with Crippen LogP contribution in [0.5, 0.6) is 11.5 Å². The van der Waals surface area contributed by atoms with Crippen LogP contribution < -0.4 is 5.73 Å². The Morgan fingerprint density at radius 3 is 2.64 bits per heavy atom. The van der Waals surface area contributed by atoms with Gasteiger partial charge in [-0.3, -0.25) is 4.79 Å². The molecule has 0 saturated heterocycles. The van der Waals surface area contributed by atoms with Gasteiger partial charge in [-0.25, -0.2) is 0 Å². The lowest BCUT2D eigenvalue weighted by atomic mass is 10.0. The summed E-state index contributed by atoms with van der Waals surface area (Å²) in [6, 6.07) is 3.45. The first-order valence-corrected chi connectivity index (χ1v) is 4.00. The molecule has 5 nitrogen and oxygen atoms in total. The van der Waals surface area contributed by atoms with Crippen LogP contribution >= 0.6 is 0 Å². The molecule has 0 bridgehead atoms. The molecule has 0 heterocycles. The van der Waals surface area contributed by atoms with E-state index < -0.39 is 12.0 Å². The van der Waals surface area contributed by atoms with E-state index in [4.69, 9.17) is 15.9 Å². The molecule has 1 aromatic rings. The molecule has 1 rings (SSSR count). The smallest absolute Gasteiger partial charge is 0.305 e. The number of carboxylic acid groups (broad SMARTS) is 1. The predicted octanol–water partition coefficient (Wildman–Crippen LogP) is 0.572. The summed E-state index contributed by atoms with van der Waals surface area (Å²) < 4.78 is 0. The van der Waals surface area contributed by atoms with Crippen LogP contribution in [0.1, 0.15) is 18.0 Å². The highest BCUT2D eigenvalue weighted by Gasteiger charge is 2.15. The third kappa shape index (κ3) is 2.14. The highest BCUT2D eigenvalue weighted by molar-refractivity contribution is 5.68. The quantitative estimate of drug-likeness (QED) is 0.530. The Kier molecular flexibility index (Phi) is 2.93. The molecule has 0 spiro atoms. The van der Waals surface area contributed by atoms with Gasteiger partial charge in [-0.15, -0.1) is 0 Å². The number of rotatable bonds is 3. The number of carboxylic acids is 1. The van der Waals surface area contributed by atoms with Gasteiger partial charge in [-0.2, -0.15) is 0 Å². The minimum Gasteiger partial charge on any atom is -0.504 e. The van der Waals surface area contributed by atoms with E-state index in [2.05, 4.69) is 0 Å². The van der Waals surface area contributed by atoms with Gasteiger partial charge in [-0.05, 0) is 6.07 Å². The van der Waals surface area contributed by atoms with Gasteiger partial charge in [0.25, 0.3) is 0 Å². The van der Waals surface area contributed by atoms with Crippen LogP contribution in [-0.2, 0) is 4.79 Å². The first kappa shape index (κ1) is 10.3. The number of carbonyl (C=O) groups is 1. The summed E-state index contributed by atoms with van der Waals surface area (Å²) in [5, 5.41) is 27.0. The molecule has 5 N–H and O–H groups in total. The zero-order valence-corrected chi connectivity index (χ0v) is 7.34. The third-order valence-corrected chi connectivity index (χ3v) is 1.84. The number of benzene rings is 1. The van der Waals surface area contributed by atoms with Crippen molar-refractivity contribution in [2.24, 2.45) is 5.73 Å². The average Bonchev–Trinajstić information content (AvgIpc) is 2.08. The molecule has 5 heteroatoms. The molecule has 0 aromatic heterocycles. The molecule has 0 radical (unpaired) electrons. The SMILES string of the molecule is N[C@@H](CC(=O)O)c1cccc(O)c1O. The van der Waals surface area contributed by atoms with Crippen molar-refractivity contribution < 1.29 is 20.1 Å². The lowest BCUT2D eigenvalue weighted by Gasteiger charge is -2.11. The second kappa shape index (κ2) is 3.97. The zero-order chi connectivity index (χ0) is 10.7. The second-order valence-corrected chi connectivity index (χ2v) is 2.92. The maximum atomic E-state index is 10.4. The van der Waals surface area contributed by atoms with Gasteiger partial charge in [0.15, 0.2) is 11.5 Å². The van der Waals surface area contributed by atoms with Gasteiger partial charge in [0.1, 0.15) is 0 Å². The summed E-state index contributed by atoms with van der Waals surface area (Å²) in [5.41, 5.74) is 5.74. The standard InChI is InChI=1S/C9H11NO4/c10-6(4-8(12)13)5-2-1-3-7(11)9(5)14/h1-3,6,11,14H,4,10H2,(H,12,13)/t6-/m0/s1. The van der Waals surface area contributed by atoms with Crippen LogP contribution in [0.15, 0.2) is 18.2 Å². The van der Waals surface area contributed by atoms with Gasteiger partial charge in [0, 0.05) is 11.6 Å². The topological polar surface area (TPSA) is 104 Å². The summed E-state index contributed by atoms with van der Waals surface area (Å²) in [6.07, 6.45) is -0.295. The molecule has 0 fully saturated rings. The fraction of sp³-hybridized carbons (Fsp3) is 0.222. The van der Waals surface area contributed by atoms with Gasteiger partial charge >= 0.3 is 5.97 Å². The Morgan fingerprint density at radius 1 is 1.43 bits per heavy atom. The number of phenolic OH excluding ortho intramolecular Hbond substituents is 2. The van der Waals surface area contributed by atoms with Crippen LogP contribution in [0.25, 0.3) is 0 Å². The van der Waals surface area contributed by atoms with Crippen molar-refractivity contribution in [2.45, 2.75) is 12.5 Å². The van der Waals surface area contributed by atoms with Crippen LogP contribution in [0.4, 0.5) is 0 Å². The number of aromatic hydroxyl groups is 2. The van der Waals surface area contributed by atoms with E-state index in [9.17, 15) is 9.90 Å². The molecular weight excluding hydrogens is 186 g/mol. The summed E-state index contributed by atoms with van der Waals surface area (Å²) in [4.78, 5) is 10.4. The highest BCUT2D eigenvalue weighted by Crippen LogP contribution is 2.32. The number of hydrogen-bond donors (Lipinski definition) is 4. The molecule has 0 aliphatic carbocycles. The largest absolute Gasteiger partial charge is 0.504 e.